The quantitative estimate of drug-likeness (QED) is 0.880. The van der Waals surface area contributed by atoms with E-state index in [4.69, 9.17) is 9.84 Å². The zero-order valence-corrected chi connectivity index (χ0v) is 10.9. The molecule has 112 valence electrons. The van der Waals surface area contributed by atoms with Crippen molar-refractivity contribution in [3.63, 3.8) is 0 Å². The van der Waals surface area contributed by atoms with E-state index < -0.39 is 17.8 Å². The molecule has 2 heterocycles. The fourth-order valence-electron chi connectivity index (χ4n) is 2.01. The SMILES string of the molecule is CNc1cc(C(F)(F)F)cc(N2CCOC(CO)C2)n1. The van der Waals surface area contributed by atoms with E-state index in [9.17, 15) is 13.2 Å². The fraction of sp³-hybridized carbons (Fsp3) is 0.583. The van der Waals surface area contributed by atoms with Crippen LogP contribution in [0.3, 0.4) is 0 Å². The molecule has 5 nitrogen and oxygen atoms in total. The van der Waals surface area contributed by atoms with Crippen LogP contribution < -0.4 is 10.2 Å². The number of aliphatic hydroxyl groups is 1. The van der Waals surface area contributed by atoms with Crippen molar-refractivity contribution in [2.45, 2.75) is 12.3 Å². The second-order valence-corrected chi connectivity index (χ2v) is 4.47. The van der Waals surface area contributed by atoms with E-state index in [2.05, 4.69) is 10.3 Å². The molecule has 2 N–H and O–H groups in total. The summed E-state index contributed by atoms with van der Waals surface area (Å²) >= 11 is 0. The van der Waals surface area contributed by atoms with Gasteiger partial charge in [0.25, 0.3) is 0 Å². The lowest BCUT2D eigenvalue weighted by Crippen LogP contribution is -2.44. The van der Waals surface area contributed by atoms with Gasteiger partial charge in [-0.1, -0.05) is 0 Å². The average molecular weight is 291 g/mol. The van der Waals surface area contributed by atoms with Crippen molar-refractivity contribution >= 4 is 11.6 Å². The minimum absolute atomic E-state index is 0.155. The third-order valence-corrected chi connectivity index (χ3v) is 3.06. The van der Waals surface area contributed by atoms with E-state index in [1.165, 1.54) is 7.05 Å². The first-order valence-electron chi connectivity index (χ1n) is 6.18. The number of aliphatic hydroxyl groups excluding tert-OH is 1. The number of nitrogens with zero attached hydrogens (tertiary/aromatic N) is 2. The number of ether oxygens (including phenoxy) is 1. The van der Waals surface area contributed by atoms with E-state index in [0.717, 1.165) is 12.1 Å². The lowest BCUT2D eigenvalue weighted by Gasteiger charge is -2.33. The minimum atomic E-state index is -4.42. The molecular formula is C12H16F3N3O2. The van der Waals surface area contributed by atoms with Crippen LogP contribution in [0.1, 0.15) is 5.56 Å². The summed E-state index contributed by atoms with van der Waals surface area (Å²) < 4.78 is 43.8. The van der Waals surface area contributed by atoms with Gasteiger partial charge in [-0.05, 0) is 12.1 Å². The number of nitrogens with one attached hydrogen (secondary N) is 1. The molecule has 1 aromatic rings. The molecule has 0 saturated carbocycles. The Hall–Kier alpha value is -1.54. The molecule has 0 bridgehead atoms. The van der Waals surface area contributed by atoms with Gasteiger partial charge >= 0.3 is 6.18 Å². The van der Waals surface area contributed by atoms with E-state index in [1.54, 1.807) is 4.90 Å². The summed E-state index contributed by atoms with van der Waals surface area (Å²) in [5.74, 6) is 0.382. The van der Waals surface area contributed by atoms with Crippen molar-refractivity contribution in [3.05, 3.63) is 17.7 Å². The molecule has 0 aliphatic carbocycles. The third-order valence-electron chi connectivity index (χ3n) is 3.06. The molecule has 0 radical (unpaired) electrons. The Kier molecular flexibility index (Phi) is 4.34. The van der Waals surface area contributed by atoms with Gasteiger partial charge in [0.1, 0.15) is 11.6 Å². The van der Waals surface area contributed by atoms with Gasteiger partial charge in [0, 0.05) is 20.1 Å². The normalized spacial score (nSPS) is 20.1. The van der Waals surface area contributed by atoms with Crippen molar-refractivity contribution in [3.8, 4) is 0 Å². The highest BCUT2D eigenvalue weighted by atomic mass is 19.4. The van der Waals surface area contributed by atoms with E-state index in [1.807, 2.05) is 0 Å². The molecule has 1 aliphatic rings. The van der Waals surface area contributed by atoms with Gasteiger partial charge in [-0.2, -0.15) is 13.2 Å². The summed E-state index contributed by atoms with van der Waals surface area (Å²) in [6.07, 6.45) is -4.83. The maximum atomic E-state index is 12.9. The van der Waals surface area contributed by atoms with Gasteiger partial charge in [-0.3, -0.25) is 0 Å². The van der Waals surface area contributed by atoms with Crippen LogP contribution >= 0.6 is 0 Å². The first kappa shape index (κ1) is 14.9. The van der Waals surface area contributed by atoms with E-state index in [-0.39, 0.29) is 18.2 Å². The molecule has 0 aromatic carbocycles. The minimum Gasteiger partial charge on any atom is -0.394 e. The first-order valence-corrected chi connectivity index (χ1v) is 6.18. The number of morpholine rings is 1. The van der Waals surface area contributed by atoms with Gasteiger partial charge in [0.2, 0.25) is 0 Å². The lowest BCUT2D eigenvalue weighted by atomic mass is 10.2. The summed E-state index contributed by atoms with van der Waals surface area (Å²) in [7, 11) is 1.52. The Morgan fingerprint density at radius 3 is 2.85 bits per heavy atom. The monoisotopic (exact) mass is 291 g/mol. The number of halogens is 3. The number of hydrogen-bond donors (Lipinski definition) is 2. The Bertz CT molecular complexity index is 468. The van der Waals surface area contributed by atoms with Crippen LogP contribution in [0.15, 0.2) is 12.1 Å². The molecule has 0 amide bonds. The van der Waals surface area contributed by atoms with Crippen molar-refractivity contribution in [1.29, 1.82) is 0 Å². The van der Waals surface area contributed by atoms with Crippen LogP contribution in [0.2, 0.25) is 0 Å². The van der Waals surface area contributed by atoms with Crippen LogP contribution in [0, 0.1) is 0 Å². The first-order chi connectivity index (χ1) is 9.44. The number of hydrogen-bond acceptors (Lipinski definition) is 5. The van der Waals surface area contributed by atoms with Crippen LogP contribution in [-0.4, -0.2) is 49.5 Å². The predicted octanol–water partition coefficient (Wildman–Crippen LogP) is 1.34. The average Bonchev–Trinajstić information content (AvgIpc) is 2.46. The van der Waals surface area contributed by atoms with Crippen molar-refractivity contribution < 1.29 is 23.0 Å². The molecule has 1 aliphatic heterocycles. The topological polar surface area (TPSA) is 57.6 Å². The second-order valence-electron chi connectivity index (χ2n) is 4.47. The van der Waals surface area contributed by atoms with E-state index in [0.29, 0.717) is 19.7 Å². The highest BCUT2D eigenvalue weighted by Gasteiger charge is 2.32. The molecule has 0 spiro atoms. The summed E-state index contributed by atoms with van der Waals surface area (Å²) in [4.78, 5) is 5.82. The molecule has 1 saturated heterocycles. The Balaban J connectivity index is 2.30. The molecule has 2 rings (SSSR count). The third kappa shape index (κ3) is 3.31. The van der Waals surface area contributed by atoms with Crippen LogP contribution in [-0.2, 0) is 10.9 Å². The summed E-state index contributed by atoms with van der Waals surface area (Å²) in [6, 6.07) is 1.98. The Morgan fingerprint density at radius 1 is 1.50 bits per heavy atom. The highest BCUT2D eigenvalue weighted by Crippen LogP contribution is 2.33. The predicted molar refractivity (Wildman–Crippen MR) is 67.8 cm³/mol. The van der Waals surface area contributed by atoms with Crippen LogP contribution in [0.25, 0.3) is 0 Å². The highest BCUT2D eigenvalue weighted by molar-refractivity contribution is 5.51. The van der Waals surface area contributed by atoms with Crippen molar-refractivity contribution in [2.24, 2.45) is 0 Å². The smallest absolute Gasteiger partial charge is 0.394 e. The van der Waals surface area contributed by atoms with Gasteiger partial charge in [-0.25, -0.2) is 4.98 Å². The number of alkyl halides is 3. The summed E-state index contributed by atoms with van der Waals surface area (Å²) in [5.41, 5.74) is -0.751. The number of anilines is 2. The second kappa shape index (κ2) is 5.84. The molecule has 8 heteroatoms. The van der Waals surface area contributed by atoms with Crippen molar-refractivity contribution in [1.82, 2.24) is 4.98 Å². The zero-order valence-electron chi connectivity index (χ0n) is 10.9. The van der Waals surface area contributed by atoms with Gasteiger partial charge in [0.15, 0.2) is 0 Å². The Labute approximate surface area is 114 Å². The number of rotatable bonds is 3. The standard InChI is InChI=1S/C12H16F3N3O2/c1-16-10-4-8(12(13,14)15)5-11(17-10)18-2-3-20-9(6-18)7-19/h4-5,9,19H,2-3,6-7H2,1H3,(H,16,17). The molecule has 20 heavy (non-hydrogen) atoms. The molecule has 1 atom stereocenters. The largest absolute Gasteiger partial charge is 0.416 e. The Morgan fingerprint density at radius 2 is 2.25 bits per heavy atom. The van der Waals surface area contributed by atoms with Gasteiger partial charge in [0.05, 0.1) is 24.9 Å². The number of aromatic nitrogens is 1. The maximum absolute atomic E-state index is 12.9. The van der Waals surface area contributed by atoms with Crippen LogP contribution in [0.5, 0.6) is 0 Å². The molecular weight excluding hydrogens is 275 g/mol. The van der Waals surface area contributed by atoms with E-state index >= 15 is 0 Å². The van der Waals surface area contributed by atoms with Crippen molar-refractivity contribution in [2.75, 3.05) is 43.6 Å². The lowest BCUT2D eigenvalue weighted by molar-refractivity contribution is -0.137. The summed E-state index contributed by atoms with van der Waals surface area (Å²) in [5, 5.41) is 11.7. The van der Waals surface area contributed by atoms with Crippen LogP contribution in [0.4, 0.5) is 24.8 Å². The summed E-state index contributed by atoms with van der Waals surface area (Å²) in [6.45, 7) is 0.925. The molecule has 1 unspecified atom stereocenters. The molecule has 1 aromatic heterocycles. The maximum Gasteiger partial charge on any atom is 0.416 e. The van der Waals surface area contributed by atoms with Gasteiger partial charge < -0.3 is 20.1 Å². The van der Waals surface area contributed by atoms with Gasteiger partial charge in [-0.15, -0.1) is 0 Å². The fourth-order valence-corrected chi connectivity index (χ4v) is 2.01. The molecule has 1 fully saturated rings. The zero-order chi connectivity index (χ0) is 14.8. The number of pyridine rings is 1.